The lowest BCUT2D eigenvalue weighted by Crippen LogP contribution is -2.31. The molecule has 12 heteroatoms. The number of nitrogens with zero attached hydrogens (tertiary/aromatic N) is 4. The van der Waals surface area contributed by atoms with Gasteiger partial charge in [-0.05, 0) is 25.8 Å². The maximum atomic E-state index is 15.9. The molecule has 2 aliphatic rings. The highest BCUT2D eigenvalue weighted by Crippen LogP contribution is 2.40. The quantitative estimate of drug-likeness (QED) is 0.365. The minimum Gasteiger partial charge on any atom is -0.477 e. The summed E-state index contributed by atoms with van der Waals surface area (Å²) in [5.74, 6) is -3.94. The summed E-state index contributed by atoms with van der Waals surface area (Å²) < 4.78 is 32.5. The van der Waals surface area contributed by atoms with Gasteiger partial charge in [0.1, 0.15) is 36.6 Å². The summed E-state index contributed by atoms with van der Waals surface area (Å²) in [6.07, 6.45) is 2.53. The Bertz CT molecular complexity index is 1240. The van der Waals surface area contributed by atoms with Crippen LogP contribution in [0.25, 0.3) is 10.9 Å². The van der Waals surface area contributed by atoms with E-state index in [4.69, 9.17) is 15.4 Å². The van der Waals surface area contributed by atoms with Gasteiger partial charge >= 0.3 is 5.97 Å². The van der Waals surface area contributed by atoms with Crippen LogP contribution in [0.2, 0.25) is 0 Å². The van der Waals surface area contributed by atoms with Crippen molar-refractivity contribution < 1.29 is 28.4 Å². The fraction of sp³-hybridized carbons (Fsp3) is 0.429. The number of carbonyl (C=O) groups is 1. The highest BCUT2D eigenvalue weighted by atomic mass is 19.1. The summed E-state index contributed by atoms with van der Waals surface area (Å²) in [5, 5.41) is 16.8. The van der Waals surface area contributed by atoms with E-state index in [2.05, 4.69) is 10.3 Å². The second-order valence-corrected chi connectivity index (χ2v) is 7.86. The molecule has 1 unspecified atom stereocenters. The Hall–Kier alpha value is -3.70. The molecule has 0 amide bonds. The molecule has 176 valence electrons. The maximum Gasteiger partial charge on any atom is 0.341 e. The molecule has 1 saturated carbocycles. The molecule has 1 aromatic carbocycles. The van der Waals surface area contributed by atoms with Crippen LogP contribution in [0.4, 0.5) is 14.5 Å². The number of halogens is 2. The zero-order valence-corrected chi connectivity index (χ0v) is 18.0. The van der Waals surface area contributed by atoms with Gasteiger partial charge in [-0.2, -0.15) is 0 Å². The lowest BCUT2D eigenvalue weighted by molar-refractivity contribution is 0.0694. The van der Waals surface area contributed by atoms with E-state index in [9.17, 15) is 14.7 Å². The third-order valence-corrected chi connectivity index (χ3v) is 5.69. The number of pyridine rings is 1. The number of carboxylic acid groups (broad SMARTS) is 1. The lowest BCUT2D eigenvalue weighted by Gasteiger charge is -2.22. The molecule has 33 heavy (non-hydrogen) atoms. The summed E-state index contributed by atoms with van der Waals surface area (Å²) in [6.45, 7) is 2.08. The maximum absolute atomic E-state index is 15.9. The topological polar surface area (TPSA) is 132 Å². The van der Waals surface area contributed by atoms with Gasteiger partial charge < -0.3 is 30.0 Å². The summed E-state index contributed by atoms with van der Waals surface area (Å²) >= 11 is 0. The number of carboxylic acids is 1. The normalized spacial score (nSPS) is 20.0. The minimum absolute atomic E-state index is 0.00478. The van der Waals surface area contributed by atoms with Crippen LogP contribution >= 0.6 is 0 Å². The molecule has 3 N–H and O–H groups in total. The van der Waals surface area contributed by atoms with Gasteiger partial charge in [0.2, 0.25) is 5.43 Å². The molecular weight excluding hydrogens is 440 g/mol. The number of benzene rings is 1. The van der Waals surface area contributed by atoms with Crippen molar-refractivity contribution in [3.8, 4) is 0 Å². The highest BCUT2D eigenvalue weighted by Gasteiger charge is 2.37. The Balaban J connectivity index is 1.87. The first kappa shape index (κ1) is 22.5. The first-order valence-electron chi connectivity index (χ1n) is 10.4. The molecule has 2 aromatic rings. The van der Waals surface area contributed by atoms with Gasteiger partial charge in [-0.1, -0.05) is 10.3 Å². The highest BCUT2D eigenvalue weighted by molar-refractivity contribution is 6.10. The minimum atomic E-state index is -1.45. The number of amidine groups is 1. The molecule has 4 rings (SSSR count). The Morgan fingerprint density at radius 1 is 1.36 bits per heavy atom. The van der Waals surface area contributed by atoms with Gasteiger partial charge in [0.05, 0.1) is 29.1 Å². The molecule has 1 aliphatic heterocycles. The van der Waals surface area contributed by atoms with Crippen molar-refractivity contribution in [3.63, 3.8) is 0 Å². The first-order valence-corrected chi connectivity index (χ1v) is 10.4. The Kier molecular flexibility index (Phi) is 5.91. The van der Waals surface area contributed by atoms with Crippen LogP contribution in [0.15, 0.2) is 27.4 Å². The van der Waals surface area contributed by atoms with Crippen molar-refractivity contribution in [2.45, 2.75) is 25.8 Å². The summed E-state index contributed by atoms with van der Waals surface area (Å²) in [4.78, 5) is 35.4. The Labute approximate surface area is 186 Å². The fourth-order valence-corrected chi connectivity index (χ4v) is 4.05. The molecule has 0 bridgehead atoms. The largest absolute Gasteiger partial charge is 0.477 e. The van der Waals surface area contributed by atoms with Crippen LogP contribution in [0.1, 0.15) is 36.2 Å². The number of aromatic carboxylic acids is 1. The fourth-order valence-electron chi connectivity index (χ4n) is 4.05. The molecule has 0 radical (unpaired) electrons. The molecule has 10 nitrogen and oxygen atoms in total. The monoisotopic (exact) mass is 463 g/mol. The van der Waals surface area contributed by atoms with Crippen molar-refractivity contribution in [2.24, 2.45) is 22.0 Å². The van der Waals surface area contributed by atoms with Crippen LogP contribution in [-0.4, -0.2) is 54.0 Å². The van der Waals surface area contributed by atoms with Crippen LogP contribution in [0, 0.1) is 17.6 Å². The Morgan fingerprint density at radius 2 is 2.09 bits per heavy atom. The van der Waals surface area contributed by atoms with Crippen molar-refractivity contribution >= 4 is 34.1 Å². The van der Waals surface area contributed by atoms with Crippen LogP contribution in [0.3, 0.4) is 0 Å². The first-order chi connectivity index (χ1) is 15.8. The van der Waals surface area contributed by atoms with E-state index in [1.54, 1.807) is 6.92 Å². The number of oxime groups is 2. The number of hydrogen-bond acceptors (Lipinski definition) is 7. The summed E-state index contributed by atoms with van der Waals surface area (Å²) in [7, 11) is 1.32. The predicted molar refractivity (Wildman–Crippen MR) is 117 cm³/mol. The SMILES string of the molecule is CCO/N=C1/CN(c2c(F)cc3c(=O)c(C(=O)O)cn(C4CC4)c3c2F)CC1/C(N)=N\OC. The molecule has 1 saturated heterocycles. The van der Waals surface area contributed by atoms with E-state index in [0.717, 1.165) is 12.3 Å². The zero-order chi connectivity index (χ0) is 23.9. The van der Waals surface area contributed by atoms with Gasteiger partial charge in [0, 0.05) is 18.8 Å². The summed E-state index contributed by atoms with van der Waals surface area (Å²) in [5.41, 5.74) is 4.42. The average Bonchev–Trinajstić information content (AvgIpc) is 3.52. The second kappa shape index (κ2) is 8.68. The van der Waals surface area contributed by atoms with E-state index in [1.807, 2.05) is 0 Å². The van der Waals surface area contributed by atoms with Crippen molar-refractivity contribution in [1.82, 2.24) is 4.57 Å². The number of anilines is 1. The van der Waals surface area contributed by atoms with E-state index in [0.29, 0.717) is 18.6 Å². The molecule has 2 heterocycles. The molecular formula is C21H23F2N5O5. The lowest BCUT2D eigenvalue weighted by atomic mass is 10.1. The van der Waals surface area contributed by atoms with E-state index < -0.39 is 34.5 Å². The smallest absolute Gasteiger partial charge is 0.341 e. The number of rotatable bonds is 7. The van der Waals surface area contributed by atoms with Gasteiger partial charge in [-0.25, -0.2) is 13.6 Å². The number of hydrogen-bond donors (Lipinski definition) is 2. The standard InChI is InChI=1S/C21H23F2N5O5/c1-3-33-25-15-9-27(7-12(15)20(24)26-32-2)18-14(22)6-11-17(16(18)23)28(10-4-5-10)8-13(19(11)29)21(30)31/h6,8,10,12H,3-5,7,9H2,1-2H3,(H2,24,26)(H,30,31)/b25-15-. The predicted octanol–water partition coefficient (Wildman–Crippen LogP) is 2.06. The number of nitrogens with two attached hydrogens (primary N) is 1. The van der Waals surface area contributed by atoms with Gasteiger partial charge in [-0.15, -0.1) is 0 Å². The summed E-state index contributed by atoms with van der Waals surface area (Å²) in [6, 6.07) is 0.727. The van der Waals surface area contributed by atoms with Crippen molar-refractivity contribution in [3.05, 3.63) is 39.7 Å². The van der Waals surface area contributed by atoms with E-state index >= 15 is 8.78 Å². The number of fused-ring (bicyclic) bond motifs is 1. The molecule has 0 spiro atoms. The molecule has 1 atom stereocenters. The van der Waals surface area contributed by atoms with E-state index in [1.165, 1.54) is 16.6 Å². The van der Waals surface area contributed by atoms with Crippen LogP contribution < -0.4 is 16.1 Å². The second-order valence-electron chi connectivity index (χ2n) is 7.86. The zero-order valence-electron chi connectivity index (χ0n) is 18.0. The third kappa shape index (κ3) is 3.96. The van der Waals surface area contributed by atoms with Crippen molar-refractivity contribution in [1.29, 1.82) is 0 Å². The van der Waals surface area contributed by atoms with Crippen molar-refractivity contribution in [2.75, 3.05) is 31.7 Å². The molecule has 1 aliphatic carbocycles. The van der Waals surface area contributed by atoms with Gasteiger partial charge in [-0.3, -0.25) is 4.79 Å². The molecule has 2 fully saturated rings. The van der Waals surface area contributed by atoms with Crippen LogP contribution in [-0.2, 0) is 9.68 Å². The average molecular weight is 463 g/mol. The van der Waals surface area contributed by atoms with Gasteiger partial charge in [0.15, 0.2) is 5.82 Å². The third-order valence-electron chi connectivity index (χ3n) is 5.69. The number of aromatic nitrogens is 1. The van der Waals surface area contributed by atoms with E-state index in [-0.39, 0.29) is 48.2 Å². The van der Waals surface area contributed by atoms with Crippen LogP contribution in [0.5, 0.6) is 0 Å². The molecule has 1 aromatic heterocycles. The Morgan fingerprint density at radius 3 is 2.70 bits per heavy atom. The van der Waals surface area contributed by atoms with Gasteiger partial charge in [0.25, 0.3) is 0 Å².